The van der Waals surface area contributed by atoms with Crippen LogP contribution in [-0.2, 0) is 0 Å². The molecule has 1 N–H and O–H groups in total. The van der Waals surface area contributed by atoms with Crippen molar-refractivity contribution in [2.24, 2.45) is 5.92 Å². The van der Waals surface area contributed by atoms with Gasteiger partial charge < -0.3 is 4.74 Å². The van der Waals surface area contributed by atoms with Gasteiger partial charge in [0.1, 0.15) is 5.75 Å². The van der Waals surface area contributed by atoms with E-state index < -0.39 is 0 Å². The minimum Gasteiger partial charge on any atom is -0.496 e. The average molecular weight is 284 g/mol. The fraction of sp³-hybridized carbons (Fsp3) is 0.500. The largest absolute Gasteiger partial charge is 0.496 e. The van der Waals surface area contributed by atoms with Gasteiger partial charge in [-0.2, -0.15) is 5.10 Å². The maximum Gasteiger partial charge on any atom is 0.128 e. The summed E-state index contributed by atoms with van der Waals surface area (Å²) in [6.45, 7) is 6.91. The van der Waals surface area contributed by atoms with Crippen LogP contribution >= 0.6 is 0 Å². The molecule has 0 radical (unpaired) electrons. The lowest BCUT2D eigenvalue weighted by Crippen LogP contribution is -2.16. The number of fused-ring (bicyclic) bond motifs is 1. The predicted octanol–water partition coefficient (Wildman–Crippen LogP) is 4.72. The third-order valence-electron chi connectivity index (χ3n) is 4.77. The fourth-order valence-electron chi connectivity index (χ4n) is 3.58. The number of aromatic amines is 1. The standard InChI is InChI=1S/C18H24N2O/c1-11(2)13-10-9-12(3)16-17(13)19-20-18(16)14-7-5-6-8-15(14)21-4/h5-8,11-13H,9-10H2,1-4H3,(H,19,20)/t12-,13+/m0/s1. The van der Waals surface area contributed by atoms with Gasteiger partial charge in [0, 0.05) is 22.7 Å². The van der Waals surface area contributed by atoms with Gasteiger partial charge in [-0.05, 0) is 36.8 Å². The Morgan fingerprint density at radius 1 is 1.24 bits per heavy atom. The van der Waals surface area contributed by atoms with E-state index in [-0.39, 0.29) is 0 Å². The van der Waals surface area contributed by atoms with Crippen molar-refractivity contribution in [2.45, 2.75) is 45.4 Å². The SMILES string of the molecule is COc1ccccc1-c1n[nH]c2c1[C@@H](C)CC[C@@H]2C(C)C. The zero-order chi connectivity index (χ0) is 15.0. The van der Waals surface area contributed by atoms with E-state index in [9.17, 15) is 0 Å². The first-order valence-corrected chi connectivity index (χ1v) is 7.85. The Bertz CT molecular complexity index is 630. The number of hydrogen-bond donors (Lipinski definition) is 1. The molecule has 112 valence electrons. The molecule has 1 aliphatic rings. The van der Waals surface area contributed by atoms with Crippen molar-refractivity contribution < 1.29 is 4.74 Å². The Hall–Kier alpha value is -1.77. The van der Waals surface area contributed by atoms with Crippen LogP contribution in [0.3, 0.4) is 0 Å². The highest BCUT2D eigenvalue weighted by Gasteiger charge is 2.32. The van der Waals surface area contributed by atoms with Gasteiger partial charge in [0.15, 0.2) is 0 Å². The second-order valence-corrected chi connectivity index (χ2v) is 6.43. The van der Waals surface area contributed by atoms with Crippen LogP contribution in [0.15, 0.2) is 24.3 Å². The Morgan fingerprint density at radius 2 is 2.00 bits per heavy atom. The van der Waals surface area contributed by atoms with E-state index in [0.29, 0.717) is 17.8 Å². The predicted molar refractivity (Wildman–Crippen MR) is 85.8 cm³/mol. The number of hydrogen-bond acceptors (Lipinski definition) is 2. The number of nitrogens with zero attached hydrogens (tertiary/aromatic N) is 1. The summed E-state index contributed by atoms with van der Waals surface area (Å²) in [5, 5.41) is 7.99. The van der Waals surface area contributed by atoms with Crippen LogP contribution in [0, 0.1) is 5.92 Å². The molecule has 0 fully saturated rings. The summed E-state index contributed by atoms with van der Waals surface area (Å²) < 4.78 is 5.52. The van der Waals surface area contributed by atoms with Gasteiger partial charge in [-0.3, -0.25) is 5.10 Å². The second-order valence-electron chi connectivity index (χ2n) is 6.43. The molecular formula is C18H24N2O. The molecule has 0 unspecified atom stereocenters. The van der Waals surface area contributed by atoms with Gasteiger partial charge in [-0.15, -0.1) is 0 Å². The van der Waals surface area contributed by atoms with Crippen molar-refractivity contribution in [3.05, 3.63) is 35.5 Å². The van der Waals surface area contributed by atoms with Gasteiger partial charge in [0.05, 0.1) is 12.8 Å². The Labute approximate surface area is 126 Å². The minimum absolute atomic E-state index is 0.550. The first-order chi connectivity index (χ1) is 10.1. The van der Waals surface area contributed by atoms with E-state index in [0.717, 1.165) is 17.0 Å². The first kappa shape index (κ1) is 14.2. The summed E-state index contributed by atoms with van der Waals surface area (Å²) in [5.74, 6) is 2.67. The molecule has 0 saturated carbocycles. The highest BCUT2D eigenvalue weighted by Crippen LogP contribution is 2.46. The van der Waals surface area contributed by atoms with E-state index >= 15 is 0 Å². The maximum atomic E-state index is 5.52. The molecule has 0 aliphatic heterocycles. The third kappa shape index (κ3) is 2.35. The van der Waals surface area contributed by atoms with Crippen molar-refractivity contribution in [1.29, 1.82) is 0 Å². The van der Waals surface area contributed by atoms with Crippen LogP contribution < -0.4 is 4.74 Å². The van der Waals surface area contributed by atoms with Gasteiger partial charge in [0.25, 0.3) is 0 Å². The van der Waals surface area contributed by atoms with Crippen molar-refractivity contribution in [3.63, 3.8) is 0 Å². The van der Waals surface area contributed by atoms with Crippen LogP contribution in [0.2, 0.25) is 0 Å². The molecule has 21 heavy (non-hydrogen) atoms. The third-order valence-corrected chi connectivity index (χ3v) is 4.77. The fourth-order valence-corrected chi connectivity index (χ4v) is 3.58. The molecule has 0 bridgehead atoms. The van der Waals surface area contributed by atoms with Gasteiger partial charge in [0.2, 0.25) is 0 Å². The Kier molecular flexibility index (Phi) is 3.75. The molecule has 0 spiro atoms. The van der Waals surface area contributed by atoms with Crippen LogP contribution in [0.1, 0.15) is 56.7 Å². The lowest BCUT2D eigenvalue weighted by atomic mass is 9.75. The molecule has 1 heterocycles. The monoisotopic (exact) mass is 284 g/mol. The number of H-pyrrole nitrogens is 1. The van der Waals surface area contributed by atoms with Crippen molar-refractivity contribution in [2.75, 3.05) is 7.11 Å². The molecular weight excluding hydrogens is 260 g/mol. The van der Waals surface area contributed by atoms with Crippen LogP contribution in [0.25, 0.3) is 11.3 Å². The first-order valence-electron chi connectivity index (χ1n) is 7.85. The van der Waals surface area contributed by atoms with Crippen molar-refractivity contribution in [1.82, 2.24) is 10.2 Å². The van der Waals surface area contributed by atoms with Gasteiger partial charge in [-0.1, -0.05) is 32.9 Å². The summed E-state index contributed by atoms with van der Waals surface area (Å²) in [7, 11) is 1.72. The topological polar surface area (TPSA) is 37.9 Å². The number of methoxy groups -OCH3 is 1. The zero-order valence-electron chi connectivity index (χ0n) is 13.3. The van der Waals surface area contributed by atoms with Gasteiger partial charge >= 0.3 is 0 Å². The Balaban J connectivity index is 2.14. The van der Waals surface area contributed by atoms with E-state index in [1.165, 1.54) is 24.1 Å². The minimum atomic E-state index is 0.550. The molecule has 2 atom stereocenters. The highest BCUT2D eigenvalue weighted by atomic mass is 16.5. The van der Waals surface area contributed by atoms with Crippen LogP contribution in [0.5, 0.6) is 5.75 Å². The maximum absolute atomic E-state index is 5.52. The van der Waals surface area contributed by atoms with Gasteiger partial charge in [-0.25, -0.2) is 0 Å². The molecule has 3 rings (SSSR count). The Morgan fingerprint density at radius 3 is 2.71 bits per heavy atom. The lowest BCUT2D eigenvalue weighted by molar-refractivity contribution is 0.403. The van der Waals surface area contributed by atoms with Crippen LogP contribution in [-0.4, -0.2) is 17.3 Å². The summed E-state index contributed by atoms with van der Waals surface area (Å²) in [4.78, 5) is 0. The smallest absolute Gasteiger partial charge is 0.128 e. The molecule has 2 aromatic rings. The number of rotatable bonds is 3. The summed E-state index contributed by atoms with van der Waals surface area (Å²) >= 11 is 0. The van der Waals surface area contributed by atoms with Crippen molar-refractivity contribution in [3.8, 4) is 17.0 Å². The van der Waals surface area contributed by atoms with Crippen molar-refractivity contribution >= 4 is 0 Å². The second kappa shape index (κ2) is 5.55. The van der Waals surface area contributed by atoms with E-state index in [2.05, 4.69) is 37.0 Å². The van der Waals surface area contributed by atoms with E-state index in [1.54, 1.807) is 7.11 Å². The summed E-state index contributed by atoms with van der Waals surface area (Å²) in [6, 6.07) is 8.15. The number of benzene rings is 1. The molecule has 1 aromatic heterocycles. The zero-order valence-corrected chi connectivity index (χ0v) is 13.3. The molecule has 0 saturated heterocycles. The molecule has 3 heteroatoms. The average Bonchev–Trinajstić information content (AvgIpc) is 2.92. The molecule has 0 amide bonds. The summed E-state index contributed by atoms with van der Waals surface area (Å²) in [6.07, 6.45) is 2.48. The highest BCUT2D eigenvalue weighted by molar-refractivity contribution is 5.71. The normalized spacial score (nSPS) is 21.4. The lowest BCUT2D eigenvalue weighted by Gasteiger charge is -2.29. The number of nitrogens with one attached hydrogen (secondary N) is 1. The number of aromatic nitrogens is 2. The number of para-hydroxylation sites is 1. The van der Waals surface area contributed by atoms with E-state index in [1.807, 2.05) is 18.2 Å². The molecule has 1 aromatic carbocycles. The summed E-state index contributed by atoms with van der Waals surface area (Å²) in [5.41, 5.74) is 4.89. The quantitative estimate of drug-likeness (QED) is 0.885. The van der Waals surface area contributed by atoms with Crippen LogP contribution in [0.4, 0.5) is 0 Å². The molecule has 3 nitrogen and oxygen atoms in total. The van der Waals surface area contributed by atoms with E-state index in [4.69, 9.17) is 4.74 Å². The number of ether oxygens (including phenoxy) is 1. The molecule has 1 aliphatic carbocycles.